The number of piperidine rings is 1. The molecular formula is C15H16ClN3OS. The van der Waals surface area contributed by atoms with E-state index in [9.17, 15) is 4.79 Å². The Morgan fingerprint density at radius 2 is 2.24 bits per heavy atom. The van der Waals surface area contributed by atoms with Crippen LogP contribution in [0.1, 0.15) is 19.3 Å². The highest BCUT2D eigenvalue weighted by atomic mass is 35.5. The number of nitrogens with one attached hydrogen (secondary N) is 2. The van der Waals surface area contributed by atoms with Crippen LogP contribution in [0.25, 0.3) is 11.3 Å². The molecule has 1 fully saturated rings. The van der Waals surface area contributed by atoms with E-state index < -0.39 is 0 Å². The Balaban J connectivity index is 1.70. The molecule has 0 bridgehead atoms. The summed E-state index contributed by atoms with van der Waals surface area (Å²) in [6.45, 7) is 0.904. The first kappa shape index (κ1) is 14.5. The van der Waals surface area contributed by atoms with E-state index in [-0.39, 0.29) is 11.9 Å². The molecule has 1 aliphatic heterocycles. The highest BCUT2D eigenvalue weighted by Gasteiger charge is 2.21. The van der Waals surface area contributed by atoms with Crippen LogP contribution in [-0.4, -0.2) is 23.5 Å². The predicted molar refractivity (Wildman–Crippen MR) is 86.8 cm³/mol. The molecule has 0 spiro atoms. The minimum Gasteiger partial charge on any atom is -0.306 e. The summed E-state index contributed by atoms with van der Waals surface area (Å²) in [6.07, 6.45) is 3.11. The van der Waals surface area contributed by atoms with Crippen molar-refractivity contribution in [3.8, 4) is 11.3 Å². The fraction of sp³-hybridized carbons (Fsp3) is 0.333. The summed E-state index contributed by atoms with van der Waals surface area (Å²) in [6, 6.07) is 7.46. The van der Waals surface area contributed by atoms with E-state index in [0.717, 1.165) is 37.1 Å². The van der Waals surface area contributed by atoms with Crippen LogP contribution in [0, 0.1) is 0 Å². The zero-order chi connectivity index (χ0) is 14.7. The van der Waals surface area contributed by atoms with Gasteiger partial charge in [0.25, 0.3) is 0 Å². The smallest absolute Gasteiger partial charge is 0.243 e. The maximum Gasteiger partial charge on any atom is 0.243 e. The summed E-state index contributed by atoms with van der Waals surface area (Å²) in [5.41, 5.74) is 1.67. The lowest BCUT2D eigenvalue weighted by Gasteiger charge is -2.21. The van der Waals surface area contributed by atoms with Crippen LogP contribution in [0.15, 0.2) is 29.6 Å². The Kier molecular flexibility index (Phi) is 4.53. The Morgan fingerprint density at radius 3 is 3.00 bits per heavy atom. The van der Waals surface area contributed by atoms with Gasteiger partial charge in [-0.3, -0.25) is 4.79 Å². The fourth-order valence-electron chi connectivity index (χ4n) is 2.39. The summed E-state index contributed by atoms with van der Waals surface area (Å²) in [4.78, 5) is 16.6. The summed E-state index contributed by atoms with van der Waals surface area (Å²) >= 11 is 7.58. The summed E-state index contributed by atoms with van der Waals surface area (Å²) in [5.74, 6) is -0.00485. The number of hydrogen-bond donors (Lipinski definition) is 2. The van der Waals surface area contributed by atoms with Gasteiger partial charge in [-0.1, -0.05) is 36.2 Å². The van der Waals surface area contributed by atoms with E-state index in [1.807, 2.05) is 29.6 Å². The molecule has 2 aromatic rings. The summed E-state index contributed by atoms with van der Waals surface area (Å²) < 4.78 is 0. The standard InChI is InChI=1S/C15H16ClN3OS/c16-11-6-2-1-5-10(11)13-9-21-15(18-13)19-14(20)12-7-3-4-8-17-12/h1-2,5-6,9,12,17H,3-4,7-8H2,(H,18,19,20). The van der Waals surface area contributed by atoms with Crippen molar-refractivity contribution in [1.29, 1.82) is 0 Å². The highest BCUT2D eigenvalue weighted by Crippen LogP contribution is 2.30. The molecule has 1 saturated heterocycles. The third-order valence-electron chi connectivity index (χ3n) is 3.51. The topological polar surface area (TPSA) is 54.0 Å². The number of nitrogens with zero attached hydrogens (tertiary/aromatic N) is 1. The van der Waals surface area contributed by atoms with Crippen molar-refractivity contribution in [2.45, 2.75) is 25.3 Å². The molecule has 2 N–H and O–H groups in total. The maximum atomic E-state index is 12.1. The molecule has 21 heavy (non-hydrogen) atoms. The van der Waals surface area contributed by atoms with Crippen LogP contribution in [-0.2, 0) is 4.79 Å². The van der Waals surface area contributed by atoms with Crippen molar-refractivity contribution in [2.24, 2.45) is 0 Å². The first-order valence-corrected chi connectivity index (χ1v) is 8.24. The van der Waals surface area contributed by atoms with Crippen molar-refractivity contribution in [3.63, 3.8) is 0 Å². The molecule has 4 nitrogen and oxygen atoms in total. The van der Waals surface area contributed by atoms with Gasteiger partial charge in [0.2, 0.25) is 5.91 Å². The molecule has 1 aromatic carbocycles. The highest BCUT2D eigenvalue weighted by molar-refractivity contribution is 7.14. The van der Waals surface area contributed by atoms with Gasteiger partial charge in [0.15, 0.2) is 5.13 Å². The number of benzene rings is 1. The second-order valence-electron chi connectivity index (χ2n) is 5.01. The van der Waals surface area contributed by atoms with Gasteiger partial charge in [-0.15, -0.1) is 11.3 Å². The van der Waals surface area contributed by atoms with Gasteiger partial charge in [-0.2, -0.15) is 0 Å². The van der Waals surface area contributed by atoms with Crippen LogP contribution in [0.3, 0.4) is 0 Å². The number of hydrogen-bond acceptors (Lipinski definition) is 4. The van der Waals surface area contributed by atoms with E-state index in [2.05, 4.69) is 15.6 Å². The lowest BCUT2D eigenvalue weighted by Crippen LogP contribution is -2.43. The monoisotopic (exact) mass is 321 g/mol. The lowest BCUT2D eigenvalue weighted by molar-refractivity contribution is -0.118. The number of rotatable bonds is 3. The molecule has 2 heterocycles. The number of anilines is 1. The third kappa shape index (κ3) is 3.43. The van der Waals surface area contributed by atoms with Crippen LogP contribution < -0.4 is 10.6 Å². The van der Waals surface area contributed by atoms with Crippen molar-refractivity contribution in [2.75, 3.05) is 11.9 Å². The molecule has 6 heteroatoms. The predicted octanol–water partition coefficient (Wildman–Crippen LogP) is 3.54. The molecule has 1 aliphatic rings. The van der Waals surface area contributed by atoms with Gasteiger partial charge in [-0.25, -0.2) is 4.98 Å². The zero-order valence-electron chi connectivity index (χ0n) is 11.4. The largest absolute Gasteiger partial charge is 0.306 e. The van der Waals surface area contributed by atoms with Gasteiger partial charge in [0.05, 0.1) is 11.7 Å². The maximum absolute atomic E-state index is 12.1. The zero-order valence-corrected chi connectivity index (χ0v) is 13.0. The molecule has 1 amide bonds. The van der Waals surface area contributed by atoms with Crippen molar-refractivity contribution < 1.29 is 4.79 Å². The van der Waals surface area contributed by atoms with Gasteiger partial charge in [0.1, 0.15) is 0 Å². The first-order chi connectivity index (χ1) is 10.2. The van der Waals surface area contributed by atoms with E-state index in [1.165, 1.54) is 11.3 Å². The van der Waals surface area contributed by atoms with Gasteiger partial charge in [-0.05, 0) is 25.5 Å². The second kappa shape index (κ2) is 6.56. The molecule has 1 aromatic heterocycles. The number of halogens is 1. The Morgan fingerprint density at radius 1 is 1.38 bits per heavy atom. The third-order valence-corrected chi connectivity index (χ3v) is 4.60. The molecule has 1 unspecified atom stereocenters. The molecule has 1 atom stereocenters. The quantitative estimate of drug-likeness (QED) is 0.909. The summed E-state index contributed by atoms with van der Waals surface area (Å²) in [7, 11) is 0. The molecule has 110 valence electrons. The molecule has 0 aliphatic carbocycles. The average molecular weight is 322 g/mol. The molecule has 3 rings (SSSR count). The van der Waals surface area contributed by atoms with Gasteiger partial charge in [0, 0.05) is 16.0 Å². The van der Waals surface area contributed by atoms with Crippen LogP contribution in [0.5, 0.6) is 0 Å². The van der Waals surface area contributed by atoms with E-state index >= 15 is 0 Å². The van der Waals surface area contributed by atoms with E-state index in [1.54, 1.807) is 0 Å². The SMILES string of the molecule is O=C(Nc1nc(-c2ccccc2Cl)cs1)C1CCCCN1. The lowest BCUT2D eigenvalue weighted by atomic mass is 10.0. The van der Waals surface area contributed by atoms with Gasteiger partial charge < -0.3 is 10.6 Å². The molecular weight excluding hydrogens is 306 g/mol. The minimum atomic E-state index is -0.105. The molecule has 0 radical (unpaired) electrons. The number of aromatic nitrogens is 1. The van der Waals surface area contributed by atoms with Crippen LogP contribution in [0.2, 0.25) is 5.02 Å². The van der Waals surface area contributed by atoms with E-state index in [4.69, 9.17) is 11.6 Å². The number of carbonyl (C=O) groups is 1. The minimum absolute atomic E-state index is 0.00485. The Bertz CT molecular complexity index is 637. The Hall–Kier alpha value is -1.43. The average Bonchev–Trinajstić information content (AvgIpc) is 2.97. The van der Waals surface area contributed by atoms with E-state index in [0.29, 0.717) is 10.2 Å². The Labute approximate surface area is 132 Å². The van der Waals surface area contributed by atoms with Crippen molar-refractivity contribution in [3.05, 3.63) is 34.7 Å². The number of amides is 1. The first-order valence-electron chi connectivity index (χ1n) is 6.99. The normalized spacial score (nSPS) is 18.4. The van der Waals surface area contributed by atoms with Crippen molar-refractivity contribution >= 4 is 34.0 Å². The fourth-order valence-corrected chi connectivity index (χ4v) is 3.34. The number of thiazole rings is 1. The summed E-state index contributed by atoms with van der Waals surface area (Å²) in [5, 5.41) is 9.30. The van der Waals surface area contributed by atoms with Crippen LogP contribution in [0.4, 0.5) is 5.13 Å². The van der Waals surface area contributed by atoms with Crippen molar-refractivity contribution in [1.82, 2.24) is 10.3 Å². The molecule has 0 saturated carbocycles. The van der Waals surface area contributed by atoms with Crippen LogP contribution >= 0.6 is 22.9 Å². The number of carbonyl (C=O) groups excluding carboxylic acids is 1. The second-order valence-corrected chi connectivity index (χ2v) is 6.27. The van der Waals surface area contributed by atoms with Gasteiger partial charge >= 0.3 is 0 Å².